The van der Waals surface area contributed by atoms with E-state index in [1.54, 1.807) is 6.20 Å². The molecular formula is C27H30N6O. The Bertz CT molecular complexity index is 1200. The summed E-state index contributed by atoms with van der Waals surface area (Å²) >= 11 is 0. The van der Waals surface area contributed by atoms with Crippen LogP contribution in [0.5, 0.6) is 0 Å². The number of rotatable bonds is 5. The fourth-order valence-corrected chi connectivity index (χ4v) is 4.72. The minimum absolute atomic E-state index is 0.0855. The zero-order chi connectivity index (χ0) is 23.5. The topological polar surface area (TPSA) is 82.8 Å². The normalized spacial score (nSPS) is 20.1. The predicted molar refractivity (Wildman–Crippen MR) is 132 cm³/mol. The van der Waals surface area contributed by atoms with Crippen LogP contribution in [-0.4, -0.2) is 33.9 Å². The molecule has 7 heteroatoms. The van der Waals surface area contributed by atoms with Crippen LogP contribution in [0.1, 0.15) is 60.7 Å². The van der Waals surface area contributed by atoms with Gasteiger partial charge in [0.1, 0.15) is 0 Å². The first-order valence-corrected chi connectivity index (χ1v) is 12.0. The molecule has 0 saturated carbocycles. The number of hydrogen-bond acceptors (Lipinski definition) is 6. The third kappa shape index (κ3) is 4.89. The van der Waals surface area contributed by atoms with E-state index in [9.17, 15) is 4.79 Å². The smallest absolute Gasteiger partial charge is 0.255 e. The second-order valence-corrected chi connectivity index (χ2v) is 9.25. The number of pyridine rings is 2. The third-order valence-corrected chi connectivity index (χ3v) is 6.60. The van der Waals surface area contributed by atoms with Gasteiger partial charge in [0.25, 0.3) is 5.91 Å². The number of anilines is 1. The van der Waals surface area contributed by atoms with Gasteiger partial charge in [-0.05, 0) is 86.3 Å². The number of carbonyl (C=O) groups excluding carboxylic acids is 1. The number of aromatic nitrogens is 2. The number of nitrogens with zero attached hydrogens (tertiary/aromatic N) is 5. The summed E-state index contributed by atoms with van der Waals surface area (Å²) in [7, 11) is 0. The summed E-state index contributed by atoms with van der Waals surface area (Å²) in [6, 6.07) is 11.4. The summed E-state index contributed by atoms with van der Waals surface area (Å²) < 4.78 is 0. The van der Waals surface area contributed by atoms with E-state index in [1.165, 1.54) is 24.8 Å². The van der Waals surface area contributed by atoms with E-state index in [-0.39, 0.29) is 11.9 Å². The van der Waals surface area contributed by atoms with Gasteiger partial charge in [0.05, 0.1) is 17.9 Å². The first kappa shape index (κ1) is 22.3. The Morgan fingerprint density at radius 2 is 1.82 bits per heavy atom. The Labute approximate surface area is 200 Å². The zero-order valence-electron chi connectivity index (χ0n) is 19.7. The molecule has 0 spiro atoms. The second-order valence-electron chi connectivity index (χ2n) is 9.25. The molecule has 2 atom stereocenters. The third-order valence-electron chi connectivity index (χ3n) is 6.60. The van der Waals surface area contributed by atoms with Gasteiger partial charge in [-0.25, -0.2) is 0 Å². The SMILES string of the molecule is Cc1ccc(NC(=O)C2N=NC(C)c3ccc(-c4cncc(CN5CCCCC5)c4)cc32)cn1. The lowest BCUT2D eigenvalue weighted by atomic mass is 9.91. The van der Waals surface area contributed by atoms with Crippen molar-refractivity contribution in [1.29, 1.82) is 0 Å². The molecule has 3 aromatic rings. The average Bonchev–Trinajstić information content (AvgIpc) is 2.86. The molecule has 5 rings (SSSR count). The van der Waals surface area contributed by atoms with E-state index in [4.69, 9.17) is 0 Å². The molecule has 2 aliphatic rings. The van der Waals surface area contributed by atoms with Crippen LogP contribution >= 0.6 is 0 Å². The number of aryl methyl sites for hydroxylation is 1. The van der Waals surface area contributed by atoms with Crippen molar-refractivity contribution < 1.29 is 4.79 Å². The van der Waals surface area contributed by atoms with Crippen molar-refractivity contribution in [3.05, 3.63) is 77.4 Å². The fraction of sp³-hybridized carbons (Fsp3) is 0.370. The van der Waals surface area contributed by atoms with Crippen LogP contribution in [0.25, 0.3) is 11.1 Å². The van der Waals surface area contributed by atoms with Gasteiger partial charge in [-0.2, -0.15) is 10.2 Å². The van der Waals surface area contributed by atoms with Crippen LogP contribution in [0.4, 0.5) is 5.69 Å². The fourth-order valence-electron chi connectivity index (χ4n) is 4.72. The average molecular weight is 455 g/mol. The number of likely N-dealkylation sites (tertiary alicyclic amines) is 1. The van der Waals surface area contributed by atoms with E-state index in [0.29, 0.717) is 5.69 Å². The molecule has 1 amide bonds. The van der Waals surface area contributed by atoms with Gasteiger partial charge in [-0.15, -0.1) is 0 Å². The maximum Gasteiger partial charge on any atom is 0.255 e. The van der Waals surface area contributed by atoms with Crippen LogP contribution in [0.3, 0.4) is 0 Å². The van der Waals surface area contributed by atoms with Gasteiger partial charge < -0.3 is 5.32 Å². The largest absolute Gasteiger partial charge is 0.322 e. The Morgan fingerprint density at radius 3 is 2.62 bits per heavy atom. The van der Waals surface area contributed by atoms with E-state index >= 15 is 0 Å². The molecular weight excluding hydrogens is 424 g/mol. The lowest BCUT2D eigenvalue weighted by molar-refractivity contribution is -0.117. The highest BCUT2D eigenvalue weighted by molar-refractivity contribution is 5.96. The Hall–Kier alpha value is -3.45. The quantitative estimate of drug-likeness (QED) is 0.540. The van der Waals surface area contributed by atoms with Crippen LogP contribution in [0.15, 0.2) is 65.2 Å². The summed E-state index contributed by atoms with van der Waals surface area (Å²) in [5.74, 6) is -0.211. The van der Waals surface area contributed by atoms with Gasteiger partial charge in [0.15, 0.2) is 6.04 Å². The summed E-state index contributed by atoms with van der Waals surface area (Å²) in [6.45, 7) is 7.14. The van der Waals surface area contributed by atoms with Gasteiger partial charge in [0.2, 0.25) is 0 Å². The predicted octanol–water partition coefficient (Wildman–Crippen LogP) is 5.64. The lowest BCUT2D eigenvalue weighted by Crippen LogP contribution is -2.29. The maximum absolute atomic E-state index is 13.1. The van der Waals surface area contributed by atoms with E-state index in [0.717, 1.165) is 47.6 Å². The second kappa shape index (κ2) is 9.81. The zero-order valence-corrected chi connectivity index (χ0v) is 19.7. The highest BCUT2D eigenvalue weighted by atomic mass is 16.2. The monoisotopic (exact) mass is 454 g/mol. The molecule has 1 saturated heterocycles. The highest BCUT2D eigenvalue weighted by Crippen LogP contribution is 2.37. The standard InChI is InChI=1S/C27H30N6O/c1-18-6-8-23(16-29-18)30-27(34)26-25-13-21(7-9-24(25)19(2)31-32-26)22-12-20(14-28-15-22)17-33-10-4-3-5-11-33/h6-9,12-16,19,26H,3-5,10-11,17H2,1-2H3,(H,30,34). The molecule has 1 N–H and O–H groups in total. The number of hydrogen-bond donors (Lipinski definition) is 1. The Kier molecular flexibility index (Phi) is 6.45. The van der Waals surface area contributed by atoms with Crippen LogP contribution in [0, 0.1) is 6.92 Å². The lowest BCUT2D eigenvalue weighted by Gasteiger charge is -2.26. The molecule has 34 heavy (non-hydrogen) atoms. The Balaban J connectivity index is 1.41. The summed E-state index contributed by atoms with van der Waals surface area (Å²) in [5, 5.41) is 11.6. The molecule has 2 unspecified atom stereocenters. The molecule has 174 valence electrons. The minimum atomic E-state index is -0.697. The van der Waals surface area contributed by atoms with Crippen LogP contribution < -0.4 is 5.32 Å². The van der Waals surface area contributed by atoms with Crippen molar-refractivity contribution in [3.63, 3.8) is 0 Å². The van der Waals surface area contributed by atoms with Crippen molar-refractivity contribution in [1.82, 2.24) is 14.9 Å². The van der Waals surface area contributed by atoms with Gasteiger partial charge in [-0.1, -0.05) is 18.6 Å². The number of fused-ring (bicyclic) bond motifs is 1. The summed E-state index contributed by atoms with van der Waals surface area (Å²) in [4.78, 5) is 24.4. The number of carbonyl (C=O) groups is 1. The molecule has 2 aromatic heterocycles. The summed E-state index contributed by atoms with van der Waals surface area (Å²) in [5.41, 5.74) is 6.76. The number of piperidine rings is 1. The van der Waals surface area contributed by atoms with Crippen molar-refractivity contribution in [3.8, 4) is 11.1 Å². The number of nitrogens with one attached hydrogen (secondary N) is 1. The van der Waals surface area contributed by atoms with Gasteiger partial charge in [0, 0.05) is 30.2 Å². The van der Waals surface area contributed by atoms with E-state index in [1.807, 2.05) is 38.4 Å². The number of benzene rings is 1. The molecule has 0 bridgehead atoms. The number of amides is 1. The van der Waals surface area contributed by atoms with E-state index < -0.39 is 6.04 Å². The molecule has 2 aliphatic heterocycles. The molecule has 4 heterocycles. The first-order valence-electron chi connectivity index (χ1n) is 12.0. The van der Waals surface area contributed by atoms with E-state index in [2.05, 4.69) is 54.7 Å². The minimum Gasteiger partial charge on any atom is -0.322 e. The van der Waals surface area contributed by atoms with Gasteiger partial charge in [-0.3, -0.25) is 19.7 Å². The Morgan fingerprint density at radius 1 is 0.971 bits per heavy atom. The van der Waals surface area contributed by atoms with Crippen molar-refractivity contribution >= 4 is 11.6 Å². The molecule has 0 aliphatic carbocycles. The molecule has 1 aromatic carbocycles. The maximum atomic E-state index is 13.1. The van der Waals surface area contributed by atoms with Crippen molar-refractivity contribution in [2.24, 2.45) is 10.2 Å². The van der Waals surface area contributed by atoms with Crippen LogP contribution in [0.2, 0.25) is 0 Å². The van der Waals surface area contributed by atoms with Crippen molar-refractivity contribution in [2.45, 2.75) is 51.7 Å². The molecule has 1 fully saturated rings. The van der Waals surface area contributed by atoms with Crippen LogP contribution in [-0.2, 0) is 11.3 Å². The molecule has 0 radical (unpaired) electrons. The van der Waals surface area contributed by atoms with Crippen molar-refractivity contribution in [2.75, 3.05) is 18.4 Å². The highest BCUT2D eigenvalue weighted by Gasteiger charge is 2.29. The number of azo groups is 1. The molecule has 7 nitrogen and oxygen atoms in total. The van der Waals surface area contributed by atoms with Gasteiger partial charge >= 0.3 is 0 Å². The first-order chi connectivity index (χ1) is 16.6. The summed E-state index contributed by atoms with van der Waals surface area (Å²) in [6.07, 6.45) is 9.38.